The van der Waals surface area contributed by atoms with Crippen molar-refractivity contribution in [2.75, 3.05) is 6.54 Å². The lowest BCUT2D eigenvalue weighted by Gasteiger charge is -2.13. The van der Waals surface area contributed by atoms with Crippen molar-refractivity contribution in [3.63, 3.8) is 0 Å². The summed E-state index contributed by atoms with van der Waals surface area (Å²) in [5.74, 6) is 0.0716. The molecule has 0 fully saturated rings. The maximum Gasteiger partial charge on any atom is 0.416 e. The number of hydrogen-bond acceptors (Lipinski definition) is 5. The van der Waals surface area contributed by atoms with E-state index in [0.717, 1.165) is 24.3 Å². The van der Waals surface area contributed by atoms with Crippen LogP contribution in [-0.4, -0.2) is 22.7 Å². The van der Waals surface area contributed by atoms with E-state index in [1.54, 1.807) is 12.1 Å². The maximum atomic E-state index is 12.5. The van der Waals surface area contributed by atoms with Crippen LogP contribution in [0.3, 0.4) is 0 Å². The Labute approximate surface area is 145 Å². The molecule has 0 saturated carbocycles. The van der Waals surface area contributed by atoms with E-state index in [4.69, 9.17) is 8.94 Å². The second-order valence-corrected chi connectivity index (χ2v) is 5.40. The second kappa shape index (κ2) is 7.04. The summed E-state index contributed by atoms with van der Waals surface area (Å²) in [4.78, 5) is 12.0. The molecule has 9 heteroatoms. The van der Waals surface area contributed by atoms with Crippen LogP contribution in [0.25, 0.3) is 11.5 Å². The van der Waals surface area contributed by atoms with Gasteiger partial charge in [0.2, 0.25) is 5.76 Å². The van der Waals surface area contributed by atoms with Crippen LogP contribution < -0.4 is 5.32 Å². The molecule has 3 rings (SSSR count). The zero-order valence-electron chi connectivity index (χ0n) is 13.2. The highest BCUT2D eigenvalue weighted by molar-refractivity contribution is 5.92. The molecule has 1 unspecified atom stereocenters. The molecule has 0 bridgehead atoms. The number of nitrogens with zero attached hydrogens (tertiary/aromatic N) is 1. The Morgan fingerprint density at radius 3 is 2.54 bits per heavy atom. The summed E-state index contributed by atoms with van der Waals surface area (Å²) in [6.07, 6.45) is -4.17. The van der Waals surface area contributed by atoms with Crippen molar-refractivity contribution >= 4 is 5.91 Å². The Morgan fingerprint density at radius 2 is 1.92 bits per heavy atom. The topological polar surface area (TPSA) is 88.5 Å². The molecule has 0 spiro atoms. The van der Waals surface area contributed by atoms with Gasteiger partial charge in [-0.05, 0) is 29.8 Å². The third-order valence-corrected chi connectivity index (χ3v) is 3.59. The number of furan rings is 1. The van der Waals surface area contributed by atoms with Gasteiger partial charge in [-0.2, -0.15) is 13.2 Å². The minimum absolute atomic E-state index is 0.0176. The Kier molecular flexibility index (Phi) is 4.81. The normalized spacial score (nSPS) is 12.8. The highest BCUT2D eigenvalue weighted by atomic mass is 19.4. The van der Waals surface area contributed by atoms with Gasteiger partial charge < -0.3 is 19.4 Å². The number of carbonyl (C=O) groups excluding carboxylic acids is 1. The lowest BCUT2D eigenvalue weighted by Crippen LogP contribution is -2.28. The predicted molar refractivity (Wildman–Crippen MR) is 82.9 cm³/mol. The van der Waals surface area contributed by atoms with Gasteiger partial charge in [0.05, 0.1) is 17.9 Å². The number of aliphatic hydroxyl groups excluding tert-OH is 1. The van der Waals surface area contributed by atoms with Crippen molar-refractivity contribution < 1.29 is 32.0 Å². The van der Waals surface area contributed by atoms with Crippen LogP contribution in [-0.2, 0) is 6.18 Å². The number of nitrogens with one attached hydrogen (secondary N) is 1. The molecule has 0 aliphatic carbocycles. The standard InChI is InChI=1S/C17H13F3N2O4/c18-17(19,20)11-5-3-10(4-6-11)13(23)9-21-16(24)12-8-15(26-22-12)14-2-1-7-25-14/h1-8,13,23H,9H2,(H,21,24). The molecule has 26 heavy (non-hydrogen) atoms. The Morgan fingerprint density at radius 1 is 1.19 bits per heavy atom. The van der Waals surface area contributed by atoms with Crippen LogP contribution >= 0.6 is 0 Å². The average molecular weight is 366 g/mol. The van der Waals surface area contributed by atoms with Gasteiger partial charge in [-0.25, -0.2) is 0 Å². The van der Waals surface area contributed by atoms with Gasteiger partial charge in [-0.15, -0.1) is 0 Å². The number of rotatable bonds is 5. The Balaban J connectivity index is 1.59. The fourth-order valence-corrected chi connectivity index (χ4v) is 2.21. The zero-order valence-corrected chi connectivity index (χ0v) is 13.2. The first-order valence-electron chi connectivity index (χ1n) is 7.48. The van der Waals surface area contributed by atoms with Crippen LogP contribution in [0.4, 0.5) is 13.2 Å². The second-order valence-electron chi connectivity index (χ2n) is 5.40. The molecule has 3 aromatic rings. The molecule has 2 heterocycles. The number of aromatic nitrogens is 1. The van der Waals surface area contributed by atoms with Gasteiger partial charge in [-0.1, -0.05) is 17.3 Å². The van der Waals surface area contributed by atoms with Crippen molar-refractivity contribution in [1.82, 2.24) is 10.5 Å². The number of hydrogen-bond donors (Lipinski definition) is 2. The number of carbonyl (C=O) groups is 1. The predicted octanol–water partition coefficient (Wildman–Crippen LogP) is 3.42. The Hall–Kier alpha value is -3.07. The van der Waals surface area contributed by atoms with E-state index < -0.39 is 23.8 Å². The minimum atomic E-state index is -4.45. The smallest absolute Gasteiger partial charge is 0.416 e. The summed E-state index contributed by atoms with van der Waals surface area (Å²) in [5, 5.41) is 16.1. The van der Waals surface area contributed by atoms with E-state index in [1.807, 2.05) is 0 Å². The summed E-state index contributed by atoms with van der Waals surface area (Å²) >= 11 is 0. The molecule has 6 nitrogen and oxygen atoms in total. The average Bonchev–Trinajstić information content (AvgIpc) is 3.29. The quantitative estimate of drug-likeness (QED) is 0.722. The van der Waals surface area contributed by atoms with E-state index in [0.29, 0.717) is 5.76 Å². The van der Waals surface area contributed by atoms with Crippen molar-refractivity contribution in [3.8, 4) is 11.5 Å². The summed E-state index contributed by atoms with van der Waals surface area (Å²) in [5.41, 5.74) is -0.587. The van der Waals surface area contributed by atoms with Gasteiger partial charge in [0.25, 0.3) is 5.91 Å². The summed E-state index contributed by atoms with van der Waals surface area (Å²) in [6.45, 7) is -0.201. The largest absolute Gasteiger partial charge is 0.461 e. The van der Waals surface area contributed by atoms with Crippen molar-refractivity contribution in [2.45, 2.75) is 12.3 Å². The van der Waals surface area contributed by atoms with Crippen LogP contribution in [0.1, 0.15) is 27.7 Å². The molecular weight excluding hydrogens is 353 g/mol. The molecule has 0 aliphatic rings. The Bertz CT molecular complexity index is 870. The zero-order chi connectivity index (χ0) is 18.7. The van der Waals surface area contributed by atoms with Crippen LogP contribution in [0, 0.1) is 0 Å². The number of halogens is 3. The van der Waals surface area contributed by atoms with Gasteiger partial charge >= 0.3 is 6.18 Å². The molecule has 2 N–H and O–H groups in total. The van der Waals surface area contributed by atoms with Gasteiger partial charge in [0.1, 0.15) is 0 Å². The van der Waals surface area contributed by atoms with Crippen molar-refractivity contribution in [2.24, 2.45) is 0 Å². The summed E-state index contributed by atoms with van der Waals surface area (Å²) in [6, 6.07) is 8.71. The number of amides is 1. The van der Waals surface area contributed by atoms with E-state index in [2.05, 4.69) is 10.5 Å². The molecular formula is C17H13F3N2O4. The SMILES string of the molecule is O=C(NCC(O)c1ccc(C(F)(F)F)cc1)c1cc(-c2ccco2)on1. The highest BCUT2D eigenvalue weighted by Gasteiger charge is 2.30. The number of alkyl halides is 3. The molecule has 0 aliphatic heterocycles. The fourth-order valence-electron chi connectivity index (χ4n) is 2.21. The molecule has 1 atom stereocenters. The van der Waals surface area contributed by atoms with Crippen LogP contribution in [0.15, 0.2) is 57.7 Å². The lowest BCUT2D eigenvalue weighted by molar-refractivity contribution is -0.137. The first kappa shape index (κ1) is 17.7. The third kappa shape index (κ3) is 3.94. The van der Waals surface area contributed by atoms with E-state index in [-0.39, 0.29) is 23.6 Å². The number of aliphatic hydroxyl groups is 1. The molecule has 0 radical (unpaired) electrons. The molecule has 1 amide bonds. The highest BCUT2D eigenvalue weighted by Crippen LogP contribution is 2.29. The van der Waals surface area contributed by atoms with Crippen molar-refractivity contribution in [1.29, 1.82) is 0 Å². The van der Waals surface area contributed by atoms with Crippen LogP contribution in [0.2, 0.25) is 0 Å². The van der Waals surface area contributed by atoms with Crippen molar-refractivity contribution in [3.05, 3.63) is 65.5 Å². The van der Waals surface area contributed by atoms with Gasteiger partial charge in [-0.3, -0.25) is 4.79 Å². The fraction of sp³-hybridized carbons (Fsp3) is 0.176. The monoisotopic (exact) mass is 366 g/mol. The molecule has 136 valence electrons. The van der Waals surface area contributed by atoms with E-state index in [1.165, 1.54) is 12.3 Å². The molecule has 2 aromatic heterocycles. The number of benzene rings is 1. The van der Waals surface area contributed by atoms with Gasteiger partial charge in [0.15, 0.2) is 11.5 Å². The summed E-state index contributed by atoms with van der Waals surface area (Å²) in [7, 11) is 0. The van der Waals surface area contributed by atoms with E-state index >= 15 is 0 Å². The maximum absolute atomic E-state index is 12.5. The van der Waals surface area contributed by atoms with E-state index in [9.17, 15) is 23.1 Å². The minimum Gasteiger partial charge on any atom is -0.461 e. The third-order valence-electron chi connectivity index (χ3n) is 3.59. The van der Waals surface area contributed by atoms with Crippen LogP contribution in [0.5, 0.6) is 0 Å². The lowest BCUT2D eigenvalue weighted by atomic mass is 10.1. The van der Waals surface area contributed by atoms with Gasteiger partial charge in [0, 0.05) is 12.6 Å². The first-order valence-corrected chi connectivity index (χ1v) is 7.48. The first-order chi connectivity index (χ1) is 12.3. The molecule has 0 saturated heterocycles. The summed E-state index contributed by atoms with van der Waals surface area (Å²) < 4.78 is 47.7. The molecule has 1 aromatic carbocycles.